The Hall–Kier alpha value is -3.49. The summed E-state index contributed by atoms with van der Waals surface area (Å²) in [6.45, 7) is 3.32. The molecule has 8 heteroatoms. The number of ether oxygens (including phenoxy) is 2. The number of pyridine rings is 1. The first-order valence-electron chi connectivity index (χ1n) is 11.1. The molecule has 3 aromatic rings. The Kier molecular flexibility index (Phi) is 7.40. The first-order valence-corrected chi connectivity index (χ1v) is 12.6. The first kappa shape index (κ1) is 23.7. The number of aromatic nitrogens is 1. The average molecular weight is 479 g/mol. The molecule has 2 heterocycles. The Bertz CT molecular complexity index is 1270. The predicted octanol–water partition coefficient (Wildman–Crippen LogP) is 4.65. The largest absolute Gasteiger partial charge is 0.490 e. The summed E-state index contributed by atoms with van der Waals surface area (Å²) < 4.78 is 38.1. The Morgan fingerprint density at radius 2 is 1.62 bits per heavy atom. The van der Waals surface area contributed by atoms with E-state index in [0.29, 0.717) is 31.2 Å². The van der Waals surface area contributed by atoms with Gasteiger partial charge in [0.05, 0.1) is 17.1 Å². The summed E-state index contributed by atoms with van der Waals surface area (Å²) >= 11 is 0. The highest BCUT2D eigenvalue weighted by Crippen LogP contribution is 2.30. The Morgan fingerprint density at radius 1 is 0.941 bits per heavy atom. The summed E-state index contributed by atoms with van der Waals surface area (Å²) in [5, 5.41) is 0. The molecule has 34 heavy (non-hydrogen) atoms. The second-order valence-electron chi connectivity index (χ2n) is 7.78. The van der Waals surface area contributed by atoms with E-state index in [0.717, 1.165) is 24.0 Å². The lowest BCUT2D eigenvalue weighted by Gasteiger charge is -2.15. The fourth-order valence-electron chi connectivity index (χ4n) is 3.65. The highest BCUT2D eigenvalue weighted by molar-refractivity contribution is 7.89. The van der Waals surface area contributed by atoms with Gasteiger partial charge in [0, 0.05) is 25.5 Å². The molecule has 1 saturated heterocycles. The van der Waals surface area contributed by atoms with Crippen LogP contribution in [0.1, 0.15) is 41.3 Å². The number of hydrogen-bond acceptors (Lipinski definition) is 6. The molecule has 0 radical (unpaired) electrons. The lowest BCUT2D eigenvalue weighted by molar-refractivity contribution is 0.0728. The zero-order valence-corrected chi connectivity index (χ0v) is 19.7. The molecule has 0 aliphatic carbocycles. The molecule has 0 saturated carbocycles. The molecule has 4 rings (SSSR count). The van der Waals surface area contributed by atoms with Gasteiger partial charge in [-0.05, 0) is 79.4 Å². The molecule has 0 N–H and O–H groups in total. The Morgan fingerprint density at radius 3 is 2.29 bits per heavy atom. The van der Waals surface area contributed by atoms with Gasteiger partial charge in [0.1, 0.15) is 0 Å². The van der Waals surface area contributed by atoms with E-state index >= 15 is 0 Å². The summed E-state index contributed by atoms with van der Waals surface area (Å²) in [4.78, 5) is 16.9. The van der Waals surface area contributed by atoms with Crippen LogP contribution in [0.2, 0.25) is 0 Å². The van der Waals surface area contributed by atoms with E-state index in [9.17, 15) is 13.2 Å². The van der Waals surface area contributed by atoms with Crippen molar-refractivity contribution in [1.29, 1.82) is 0 Å². The highest BCUT2D eigenvalue weighted by Gasteiger charge is 2.27. The molecule has 7 nitrogen and oxygen atoms in total. The van der Waals surface area contributed by atoms with Gasteiger partial charge in [-0.15, -0.1) is 0 Å². The van der Waals surface area contributed by atoms with Gasteiger partial charge in [-0.2, -0.15) is 4.31 Å². The number of carbonyl (C=O) groups excluding carboxylic acids is 1. The molecule has 0 atom stereocenters. The second kappa shape index (κ2) is 10.6. The number of sulfonamides is 1. The maximum absolute atomic E-state index is 12.7. The van der Waals surface area contributed by atoms with Crippen LogP contribution in [0.3, 0.4) is 0 Å². The topological polar surface area (TPSA) is 85.8 Å². The third-order valence-electron chi connectivity index (χ3n) is 5.44. The summed E-state index contributed by atoms with van der Waals surface area (Å²) in [5.41, 5.74) is 2.15. The van der Waals surface area contributed by atoms with Gasteiger partial charge < -0.3 is 9.47 Å². The minimum Gasteiger partial charge on any atom is -0.490 e. The fraction of sp³-hybridized carbons (Fsp3) is 0.231. The second-order valence-corrected chi connectivity index (χ2v) is 9.72. The molecule has 1 aliphatic heterocycles. The fourth-order valence-corrected chi connectivity index (χ4v) is 5.16. The zero-order chi connectivity index (χ0) is 24.0. The maximum Gasteiger partial charge on any atom is 0.343 e. The van der Waals surface area contributed by atoms with Crippen molar-refractivity contribution >= 4 is 28.1 Å². The van der Waals surface area contributed by atoms with Crippen molar-refractivity contribution in [1.82, 2.24) is 9.29 Å². The van der Waals surface area contributed by atoms with E-state index in [4.69, 9.17) is 9.47 Å². The normalized spacial score (nSPS) is 14.4. The number of hydrogen-bond donors (Lipinski definition) is 0. The number of benzene rings is 2. The van der Waals surface area contributed by atoms with Crippen molar-refractivity contribution in [3.63, 3.8) is 0 Å². The smallest absolute Gasteiger partial charge is 0.343 e. The van der Waals surface area contributed by atoms with Crippen LogP contribution in [0.5, 0.6) is 11.5 Å². The third-order valence-corrected chi connectivity index (χ3v) is 7.35. The van der Waals surface area contributed by atoms with Gasteiger partial charge in [0.25, 0.3) is 0 Å². The standard InChI is InChI=1S/C26H26N2O5S/c1-2-32-25-19-21(6-5-20-13-15-27-16-14-20)7-12-24(25)33-26(29)22-8-10-23(11-9-22)34(30,31)28-17-3-4-18-28/h5-16,19H,2-4,17-18H2,1H3/b6-5+. The summed E-state index contributed by atoms with van der Waals surface area (Å²) in [6, 6.07) is 14.9. The molecule has 176 valence electrons. The monoisotopic (exact) mass is 478 g/mol. The molecular formula is C26H26N2O5S. The number of rotatable bonds is 8. The lowest BCUT2D eigenvalue weighted by Crippen LogP contribution is -2.27. The highest BCUT2D eigenvalue weighted by atomic mass is 32.2. The van der Waals surface area contributed by atoms with E-state index in [-0.39, 0.29) is 10.5 Å². The average Bonchev–Trinajstić information content (AvgIpc) is 3.41. The van der Waals surface area contributed by atoms with Gasteiger partial charge in [-0.1, -0.05) is 18.2 Å². The van der Waals surface area contributed by atoms with Crippen LogP contribution in [0.25, 0.3) is 12.2 Å². The van der Waals surface area contributed by atoms with Gasteiger partial charge in [0.15, 0.2) is 11.5 Å². The molecule has 0 amide bonds. The molecule has 0 spiro atoms. The predicted molar refractivity (Wildman–Crippen MR) is 130 cm³/mol. The van der Waals surface area contributed by atoms with E-state index in [1.165, 1.54) is 28.6 Å². The SMILES string of the molecule is CCOc1cc(/C=C/c2ccncc2)ccc1OC(=O)c1ccc(S(=O)(=O)N2CCCC2)cc1. The van der Waals surface area contributed by atoms with Crippen molar-refractivity contribution in [3.05, 3.63) is 83.7 Å². The van der Waals surface area contributed by atoms with Crippen molar-refractivity contribution in [2.75, 3.05) is 19.7 Å². The van der Waals surface area contributed by atoms with Crippen LogP contribution in [-0.2, 0) is 10.0 Å². The summed E-state index contributed by atoms with van der Waals surface area (Å²) in [5.74, 6) is 0.147. The van der Waals surface area contributed by atoms with E-state index in [2.05, 4.69) is 4.98 Å². The Balaban J connectivity index is 1.49. The molecule has 0 bridgehead atoms. The van der Waals surface area contributed by atoms with Crippen molar-refractivity contribution in [2.24, 2.45) is 0 Å². The zero-order valence-electron chi connectivity index (χ0n) is 18.9. The van der Waals surface area contributed by atoms with Crippen molar-refractivity contribution in [3.8, 4) is 11.5 Å². The molecule has 1 aliphatic rings. The number of carbonyl (C=O) groups is 1. The van der Waals surface area contributed by atoms with E-state index < -0.39 is 16.0 Å². The van der Waals surface area contributed by atoms with Crippen LogP contribution in [-0.4, -0.2) is 43.4 Å². The van der Waals surface area contributed by atoms with Crippen molar-refractivity contribution < 1.29 is 22.7 Å². The van der Waals surface area contributed by atoms with Crippen LogP contribution in [0, 0.1) is 0 Å². The Labute approximate surface area is 199 Å². The maximum atomic E-state index is 12.7. The molecule has 1 fully saturated rings. The lowest BCUT2D eigenvalue weighted by atomic mass is 10.1. The van der Waals surface area contributed by atoms with Crippen LogP contribution < -0.4 is 9.47 Å². The van der Waals surface area contributed by atoms with Gasteiger partial charge in [0.2, 0.25) is 10.0 Å². The third kappa shape index (κ3) is 5.52. The molecule has 1 aromatic heterocycles. The number of esters is 1. The van der Waals surface area contributed by atoms with Gasteiger partial charge >= 0.3 is 5.97 Å². The van der Waals surface area contributed by atoms with Crippen molar-refractivity contribution in [2.45, 2.75) is 24.7 Å². The van der Waals surface area contributed by atoms with Crippen LogP contribution in [0.4, 0.5) is 0 Å². The van der Waals surface area contributed by atoms with Crippen LogP contribution in [0.15, 0.2) is 71.9 Å². The molecule has 2 aromatic carbocycles. The number of nitrogens with zero attached hydrogens (tertiary/aromatic N) is 2. The molecule has 0 unspecified atom stereocenters. The van der Waals surface area contributed by atoms with Gasteiger partial charge in [-0.3, -0.25) is 4.98 Å². The summed E-state index contributed by atoms with van der Waals surface area (Å²) in [7, 11) is -3.53. The summed E-state index contributed by atoms with van der Waals surface area (Å²) in [6.07, 6.45) is 9.07. The van der Waals surface area contributed by atoms with Crippen LogP contribution >= 0.6 is 0 Å². The van der Waals surface area contributed by atoms with E-state index in [1.54, 1.807) is 24.5 Å². The van der Waals surface area contributed by atoms with E-state index in [1.807, 2.05) is 37.3 Å². The molecular weight excluding hydrogens is 452 g/mol. The van der Waals surface area contributed by atoms with Gasteiger partial charge in [-0.25, -0.2) is 13.2 Å². The minimum absolute atomic E-state index is 0.172. The first-order chi connectivity index (χ1) is 16.5. The minimum atomic E-state index is -3.53. The quantitative estimate of drug-likeness (QED) is 0.346.